The van der Waals surface area contributed by atoms with Crippen LogP contribution in [-0.2, 0) is 39.0 Å². The fourth-order valence-corrected chi connectivity index (χ4v) is 4.95. The predicted molar refractivity (Wildman–Crippen MR) is 136 cm³/mol. The van der Waals surface area contributed by atoms with Crippen molar-refractivity contribution in [1.29, 1.82) is 0 Å². The number of hydrogen-bond donors (Lipinski definition) is 0. The monoisotopic (exact) mass is 491 g/mol. The second kappa shape index (κ2) is 9.97. The van der Waals surface area contributed by atoms with Crippen LogP contribution in [0.5, 0.6) is 0 Å². The summed E-state index contributed by atoms with van der Waals surface area (Å²) in [4.78, 5) is 11.6. The Hall–Kier alpha value is -3.20. The van der Waals surface area contributed by atoms with Crippen molar-refractivity contribution in [2.75, 3.05) is 6.54 Å². The molecule has 0 atom stereocenters. The minimum atomic E-state index is 0. The number of benzene rings is 4. The molecule has 0 fully saturated rings. The third-order valence-electron chi connectivity index (χ3n) is 6.54. The fraction of sp³-hybridized carbons (Fsp3) is 0.133. The average molecular weight is 493 g/mol. The van der Waals surface area contributed by atoms with Crippen molar-refractivity contribution < 1.29 is 19.5 Å². The van der Waals surface area contributed by atoms with Crippen molar-refractivity contribution in [1.82, 2.24) is 14.9 Å². The molecule has 0 saturated heterocycles. The zero-order valence-corrected chi connectivity index (χ0v) is 22.2. The van der Waals surface area contributed by atoms with Gasteiger partial charge in [-0.1, -0.05) is 66.7 Å². The van der Waals surface area contributed by atoms with E-state index in [0.29, 0.717) is 0 Å². The summed E-state index contributed by atoms with van der Waals surface area (Å²) >= 11 is 0. The van der Waals surface area contributed by atoms with Gasteiger partial charge in [0.2, 0.25) is 0 Å². The third kappa shape index (κ3) is 4.44. The van der Waals surface area contributed by atoms with Crippen LogP contribution in [0, 0.1) is 0 Å². The van der Waals surface area contributed by atoms with Crippen LogP contribution >= 0.6 is 0 Å². The zero-order chi connectivity index (χ0) is 22.0. The van der Waals surface area contributed by atoms with Gasteiger partial charge in [-0.3, -0.25) is 14.9 Å². The molecule has 0 amide bonds. The van der Waals surface area contributed by atoms with Crippen LogP contribution < -0.4 is 0 Å². The van der Waals surface area contributed by atoms with Gasteiger partial charge in [-0.2, -0.15) is 0 Å². The van der Waals surface area contributed by atoms with Gasteiger partial charge >= 0.3 is 19.5 Å². The van der Waals surface area contributed by atoms with Crippen LogP contribution in [0.2, 0.25) is 0 Å². The minimum absolute atomic E-state index is 0. The number of rotatable bonds is 7. The van der Waals surface area contributed by atoms with Crippen molar-refractivity contribution >= 4 is 32.3 Å². The Morgan fingerprint density at radius 1 is 0.559 bits per heavy atom. The van der Waals surface area contributed by atoms with E-state index in [4.69, 9.17) is 0 Å². The average Bonchev–Trinajstić information content (AvgIpc) is 2.87. The molecule has 4 heteroatoms. The predicted octanol–water partition coefficient (Wildman–Crippen LogP) is 6.62. The summed E-state index contributed by atoms with van der Waals surface area (Å²) < 4.78 is 0. The summed E-state index contributed by atoms with van der Waals surface area (Å²) in [6, 6.07) is 32.5. The summed E-state index contributed by atoms with van der Waals surface area (Å²) in [5.74, 6) is 0. The van der Waals surface area contributed by atoms with E-state index < -0.39 is 0 Å². The fourth-order valence-electron chi connectivity index (χ4n) is 4.95. The molecule has 0 unspecified atom stereocenters. The molecule has 0 N–H and O–H groups in total. The standard InChI is InChI=1S/C30H25N3.Zn/c1-3-17-31-26(8-1)20-33(21-27-9-2-4-18-32-27)19-16-22-10-11-25-13-12-23-6-5-7-24-14-15-28(22)30(25)29(23)24;/h1-15,17-18H,16,19-21H2;/q;+2. The molecule has 160 valence electrons. The van der Waals surface area contributed by atoms with E-state index in [2.05, 4.69) is 93.7 Å². The number of pyridine rings is 2. The maximum atomic E-state index is 4.56. The van der Waals surface area contributed by atoms with E-state index in [1.54, 1.807) is 0 Å². The molecular formula is C30H25N3Zn+2. The summed E-state index contributed by atoms with van der Waals surface area (Å²) in [7, 11) is 0. The van der Waals surface area contributed by atoms with Crippen molar-refractivity contribution in [2.45, 2.75) is 19.5 Å². The van der Waals surface area contributed by atoms with Crippen LogP contribution in [0.15, 0.2) is 103 Å². The van der Waals surface area contributed by atoms with E-state index in [1.165, 1.54) is 37.9 Å². The second-order valence-corrected chi connectivity index (χ2v) is 8.68. The number of hydrogen-bond acceptors (Lipinski definition) is 3. The van der Waals surface area contributed by atoms with Gasteiger partial charge in [-0.25, -0.2) is 0 Å². The topological polar surface area (TPSA) is 29.0 Å². The molecule has 34 heavy (non-hydrogen) atoms. The van der Waals surface area contributed by atoms with Crippen molar-refractivity contribution in [2.24, 2.45) is 0 Å². The molecule has 2 aromatic heterocycles. The van der Waals surface area contributed by atoms with Gasteiger partial charge in [0, 0.05) is 32.0 Å². The minimum Gasteiger partial charge on any atom is -0.291 e. The molecule has 6 rings (SSSR count). The maximum absolute atomic E-state index is 4.56. The van der Waals surface area contributed by atoms with Gasteiger partial charge in [0.1, 0.15) is 0 Å². The van der Waals surface area contributed by atoms with E-state index in [-0.39, 0.29) is 19.5 Å². The quantitative estimate of drug-likeness (QED) is 0.185. The van der Waals surface area contributed by atoms with Gasteiger partial charge in [0.25, 0.3) is 0 Å². The van der Waals surface area contributed by atoms with Crippen LogP contribution in [-0.4, -0.2) is 21.4 Å². The summed E-state index contributed by atoms with van der Waals surface area (Å²) in [6.07, 6.45) is 4.72. The molecule has 4 aromatic carbocycles. The van der Waals surface area contributed by atoms with Crippen molar-refractivity contribution in [3.8, 4) is 0 Å². The molecule has 0 aliphatic rings. The molecule has 3 nitrogen and oxygen atoms in total. The first-order valence-corrected chi connectivity index (χ1v) is 11.5. The molecule has 0 bridgehead atoms. The zero-order valence-electron chi connectivity index (χ0n) is 19.2. The summed E-state index contributed by atoms with van der Waals surface area (Å²) in [5, 5.41) is 8.09. The van der Waals surface area contributed by atoms with Gasteiger partial charge in [0.15, 0.2) is 0 Å². The smallest absolute Gasteiger partial charge is 0.291 e. The normalized spacial score (nSPS) is 11.4. The summed E-state index contributed by atoms with van der Waals surface area (Å²) in [6.45, 7) is 2.56. The van der Waals surface area contributed by atoms with Crippen molar-refractivity contribution in [3.05, 3.63) is 120 Å². The largest absolute Gasteiger partial charge is 2.00 e. The Morgan fingerprint density at radius 3 is 1.76 bits per heavy atom. The molecule has 0 spiro atoms. The first kappa shape index (κ1) is 22.6. The molecule has 6 aromatic rings. The van der Waals surface area contributed by atoms with E-state index >= 15 is 0 Å². The Balaban J connectivity index is 0.00000241. The molecule has 0 radical (unpaired) electrons. The molecule has 2 heterocycles. The van der Waals surface area contributed by atoms with Crippen LogP contribution in [0.4, 0.5) is 0 Å². The molecule has 0 saturated carbocycles. The number of nitrogens with zero attached hydrogens (tertiary/aromatic N) is 3. The van der Waals surface area contributed by atoms with Crippen molar-refractivity contribution in [3.63, 3.8) is 0 Å². The Labute approximate surface area is 212 Å². The first-order chi connectivity index (χ1) is 16.3. The third-order valence-corrected chi connectivity index (χ3v) is 6.54. The van der Waals surface area contributed by atoms with Gasteiger partial charge in [0.05, 0.1) is 11.4 Å². The molecular weight excluding hydrogens is 468 g/mol. The SMILES string of the molecule is [Zn+2].c1ccc(CN(CCc2ccc3ccc4cccc5ccc2c3c45)Cc2ccccn2)nc1. The maximum Gasteiger partial charge on any atom is 2.00 e. The van der Waals surface area contributed by atoms with Gasteiger partial charge < -0.3 is 0 Å². The van der Waals surface area contributed by atoms with E-state index in [0.717, 1.165) is 37.4 Å². The van der Waals surface area contributed by atoms with Crippen LogP contribution in [0.25, 0.3) is 32.3 Å². The van der Waals surface area contributed by atoms with Crippen LogP contribution in [0.1, 0.15) is 17.0 Å². The first-order valence-electron chi connectivity index (χ1n) is 11.5. The van der Waals surface area contributed by atoms with Crippen LogP contribution in [0.3, 0.4) is 0 Å². The molecule has 0 aliphatic carbocycles. The van der Waals surface area contributed by atoms with Gasteiger partial charge in [-0.05, 0) is 68.6 Å². The Morgan fingerprint density at radius 2 is 1.15 bits per heavy atom. The van der Waals surface area contributed by atoms with Gasteiger partial charge in [-0.15, -0.1) is 0 Å². The van der Waals surface area contributed by atoms with E-state index in [1.807, 2.05) is 24.5 Å². The second-order valence-electron chi connectivity index (χ2n) is 8.68. The van der Waals surface area contributed by atoms with E-state index in [9.17, 15) is 0 Å². The summed E-state index contributed by atoms with van der Waals surface area (Å²) in [5.41, 5.74) is 3.57. The Bertz CT molecular complexity index is 1460. The number of aromatic nitrogens is 2. The molecule has 0 aliphatic heterocycles. The Kier molecular flexibility index (Phi) is 6.62.